The average Bonchev–Trinajstić information content (AvgIpc) is 2.38. The van der Waals surface area contributed by atoms with Crippen LogP contribution in [0.3, 0.4) is 0 Å². The molecule has 0 aliphatic carbocycles. The molecule has 1 amide bonds. The van der Waals surface area contributed by atoms with Gasteiger partial charge in [0, 0.05) is 0 Å². The van der Waals surface area contributed by atoms with Crippen LogP contribution >= 0.6 is 0 Å². The number of aliphatic carboxylic acids is 1. The third kappa shape index (κ3) is 2.45. The van der Waals surface area contributed by atoms with Crippen molar-refractivity contribution in [2.24, 2.45) is 5.92 Å². The molecule has 2 atom stereocenters. The number of carboxylic acids is 1. The third-order valence-electron chi connectivity index (χ3n) is 3.21. The Balaban J connectivity index is 2.35. The zero-order valence-corrected chi connectivity index (χ0v) is 10.0. The Morgan fingerprint density at radius 1 is 1.50 bits per heavy atom. The van der Waals surface area contributed by atoms with E-state index in [0.29, 0.717) is 6.42 Å². The summed E-state index contributed by atoms with van der Waals surface area (Å²) in [5, 5.41) is 21.0. The highest BCUT2D eigenvalue weighted by atomic mass is 16.4. The maximum atomic E-state index is 11.9. The molecule has 0 bridgehead atoms. The van der Waals surface area contributed by atoms with Crippen LogP contribution < -0.4 is 5.32 Å². The Morgan fingerprint density at radius 2 is 2.22 bits per heavy atom. The molecule has 1 aromatic rings. The second kappa shape index (κ2) is 4.68. The Labute approximate surface area is 104 Å². The van der Waals surface area contributed by atoms with Gasteiger partial charge in [-0.3, -0.25) is 9.59 Å². The molecule has 1 aliphatic heterocycles. The van der Waals surface area contributed by atoms with Gasteiger partial charge in [-0.05, 0) is 36.6 Å². The molecule has 3 N–H and O–H groups in total. The summed E-state index contributed by atoms with van der Waals surface area (Å²) in [7, 11) is 0. The van der Waals surface area contributed by atoms with Gasteiger partial charge in [-0.25, -0.2) is 0 Å². The van der Waals surface area contributed by atoms with Crippen LogP contribution in [0.25, 0.3) is 0 Å². The Bertz CT molecular complexity index is 498. The highest BCUT2D eigenvalue weighted by Gasteiger charge is 2.29. The maximum Gasteiger partial charge on any atom is 0.304 e. The zero-order chi connectivity index (χ0) is 13.3. The van der Waals surface area contributed by atoms with Gasteiger partial charge in [0.05, 0.1) is 18.4 Å². The van der Waals surface area contributed by atoms with E-state index in [1.54, 1.807) is 18.2 Å². The summed E-state index contributed by atoms with van der Waals surface area (Å²) in [6, 6.07) is 4.69. The fourth-order valence-corrected chi connectivity index (χ4v) is 2.31. The molecule has 1 heterocycles. The molecule has 0 spiro atoms. The number of nitrogens with one attached hydrogen (secondary N) is 1. The number of amides is 1. The van der Waals surface area contributed by atoms with Gasteiger partial charge in [-0.15, -0.1) is 0 Å². The second-order valence-corrected chi connectivity index (χ2v) is 4.61. The number of phenols is 1. The van der Waals surface area contributed by atoms with Gasteiger partial charge < -0.3 is 15.5 Å². The molecule has 96 valence electrons. The van der Waals surface area contributed by atoms with Gasteiger partial charge in [0.2, 0.25) is 5.91 Å². The highest BCUT2D eigenvalue weighted by molar-refractivity contribution is 5.84. The maximum absolute atomic E-state index is 11.9. The normalized spacial score (nSPS) is 22.8. The van der Waals surface area contributed by atoms with Crippen LogP contribution in [0.5, 0.6) is 5.75 Å². The number of carbonyl (C=O) groups is 2. The number of hydrogen-bond donors (Lipinski definition) is 3. The topological polar surface area (TPSA) is 86.6 Å². The number of benzene rings is 1. The van der Waals surface area contributed by atoms with Crippen molar-refractivity contribution in [3.8, 4) is 5.75 Å². The lowest BCUT2D eigenvalue weighted by molar-refractivity contribution is -0.141. The van der Waals surface area contributed by atoms with E-state index in [2.05, 4.69) is 5.32 Å². The van der Waals surface area contributed by atoms with E-state index in [9.17, 15) is 14.7 Å². The first-order valence-corrected chi connectivity index (χ1v) is 5.81. The number of aromatic hydroxyl groups is 1. The van der Waals surface area contributed by atoms with Gasteiger partial charge in [0.15, 0.2) is 0 Å². The molecular formula is C13H15NO4. The van der Waals surface area contributed by atoms with E-state index in [1.165, 1.54) is 0 Å². The van der Waals surface area contributed by atoms with E-state index in [-0.39, 0.29) is 24.1 Å². The molecule has 18 heavy (non-hydrogen) atoms. The summed E-state index contributed by atoms with van der Waals surface area (Å²) >= 11 is 0. The van der Waals surface area contributed by atoms with E-state index in [1.807, 2.05) is 6.92 Å². The quantitative estimate of drug-likeness (QED) is 0.735. The average molecular weight is 249 g/mol. The molecule has 5 nitrogen and oxygen atoms in total. The van der Waals surface area contributed by atoms with Crippen molar-refractivity contribution in [1.82, 2.24) is 5.32 Å². The Morgan fingerprint density at radius 3 is 2.89 bits per heavy atom. The molecule has 0 saturated carbocycles. The first-order valence-electron chi connectivity index (χ1n) is 5.81. The van der Waals surface area contributed by atoms with Crippen LogP contribution in [0, 0.1) is 5.92 Å². The second-order valence-electron chi connectivity index (χ2n) is 4.61. The lowest BCUT2D eigenvalue weighted by Gasteiger charge is -2.13. The van der Waals surface area contributed by atoms with Crippen LogP contribution in [0.4, 0.5) is 0 Å². The van der Waals surface area contributed by atoms with Gasteiger partial charge in [0.1, 0.15) is 5.75 Å². The lowest BCUT2D eigenvalue weighted by Crippen LogP contribution is -2.32. The summed E-state index contributed by atoms with van der Waals surface area (Å²) in [5.74, 6) is -1.65. The van der Waals surface area contributed by atoms with Gasteiger partial charge in [0.25, 0.3) is 0 Å². The molecule has 1 aliphatic rings. The van der Waals surface area contributed by atoms with E-state index < -0.39 is 11.9 Å². The van der Waals surface area contributed by atoms with E-state index in [0.717, 1.165) is 11.1 Å². The summed E-state index contributed by atoms with van der Waals surface area (Å²) in [4.78, 5) is 22.6. The minimum atomic E-state index is -0.981. The van der Waals surface area contributed by atoms with Gasteiger partial charge in [-0.1, -0.05) is 6.07 Å². The van der Waals surface area contributed by atoms with Crippen LogP contribution in [-0.2, 0) is 16.0 Å². The third-order valence-corrected chi connectivity index (χ3v) is 3.21. The SMILES string of the molecule is C[C@@H]1NC(=O)C(CC(=O)O)Cc2ccc(O)cc21. The fourth-order valence-electron chi connectivity index (χ4n) is 2.31. The van der Waals surface area contributed by atoms with Crippen LogP contribution in [0.15, 0.2) is 18.2 Å². The fraction of sp³-hybridized carbons (Fsp3) is 0.385. The molecule has 0 saturated heterocycles. The molecular weight excluding hydrogens is 234 g/mol. The van der Waals surface area contributed by atoms with Crippen molar-refractivity contribution in [2.45, 2.75) is 25.8 Å². The number of carboxylic acid groups (broad SMARTS) is 1. The van der Waals surface area contributed by atoms with E-state index in [4.69, 9.17) is 5.11 Å². The summed E-state index contributed by atoms with van der Waals surface area (Å²) < 4.78 is 0. The molecule has 1 aromatic carbocycles. The number of phenolic OH excluding ortho intramolecular Hbond substituents is 1. The monoisotopic (exact) mass is 249 g/mol. The summed E-state index contributed by atoms with van der Waals surface area (Å²) in [6.45, 7) is 1.82. The number of hydrogen-bond acceptors (Lipinski definition) is 3. The molecule has 1 unspecified atom stereocenters. The number of fused-ring (bicyclic) bond motifs is 1. The first kappa shape index (κ1) is 12.4. The molecule has 0 radical (unpaired) electrons. The minimum absolute atomic E-state index is 0.145. The Hall–Kier alpha value is -2.04. The van der Waals surface area contributed by atoms with Crippen molar-refractivity contribution in [1.29, 1.82) is 0 Å². The van der Waals surface area contributed by atoms with Crippen LogP contribution in [0.1, 0.15) is 30.5 Å². The summed E-state index contributed by atoms with van der Waals surface area (Å²) in [5.41, 5.74) is 1.75. The van der Waals surface area contributed by atoms with Crippen LogP contribution in [-0.4, -0.2) is 22.1 Å². The van der Waals surface area contributed by atoms with E-state index >= 15 is 0 Å². The predicted octanol–water partition coefficient (Wildman–Crippen LogP) is 1.22. The lowest BCUT2D eigenvalue weighted by atomic mass is 9.93. The molecule has 2 rings (SSSR count). The Kier molecular flexibility index (Phi) is 3.23. The van der Waals surface area contributed by atoms with Crippen molar-refractivity contribution < 1.29 is 19.8 Å². The smallest absolute Gasteiger partial charge is 0.304 e. The standard InChI is InChI=1S/C13H15NO4/c1-7-11-6-10(15)3-2-8(11)4-9(5-12(16)17)13(18)14-7/h2-3,6-7,9,15H,4-5H2,1H3,(H,14,18)(H,16,17)/t7-,9?/m0/s1. The summed E-state index contributed by atoms with van der Waals surface area (Å²) in [6.07, 6.45) is 0.205. The largest absolute Gasteiger partial charge is 0.508 e. The molecule has 5 heteroatoms. The predicted molar refractivity (Wildman–Crippen MR) is 64.1 cm³/mol. The minimum Gasteiger partial charge on any atom is -0.508 e. The van der Waals surface area contributed by atoms with Crippen molar-refractivity contribution in [3.63, 3.8) is 0 Å². The number of rotatable bonds is 2. The molecule has 0 aromatic heterocycles. The number of carbonyl (C=O) groups excluding carboxylic acids is 1. The zero-order valence-electron chi connectivity index (χ0n) is 10.0. The van der Waals surface area contributed by atoms with Gasteiger partial charge in [-0.2, -0.15) is 0 Å². The first-order chi connectivity index (χ1) is 8.47. The van der Waals surface area contributed by atoms with Crippen molar-refractivity contribution >= 4 is 11.9 Å². The highest BCUT2D eigenvalue weighted by Crippen LogP contribution is 2.29. The van der Waals surface area contributed by atoms with Gasteiger partial charge >= 0.3 is 5.97 Å². The molecule has 0 fully saturated rings. The van der Waals surface area contributed by atoms with Crippen molar-refractivity contribution in [3.05, 3.63) is 29.3 Å². The van der Waals surface area contributed by atoms with Crippen molar-refractivity contribution in [2.75, 3.05) is 0 Å². The van der Waals surface area contributed by atoms with Crippen LogP contribution in [0.2, 0.25) is 0 Å².